The summed E-state index contributed by atoms with van der Waals surface area (Å²) in [4.78, 5) is 39.4. The molecule has 7 nitrogen and oxygen atoms in total. The fourth-order valence-electron chi connectivity index (χ4n) is 3.47. The van der Waals surface area contributed by atoms with Crippen molar-refractivity contribution in [2.24, 2.45) is 0 Å². The summed E-state index contributed by atoms with van der Waals surface area (Å²) in [5.41, 5.74) is 1.93. The molecule has 172 valence electrons. The van der Waals surface area contributed by atoms with E-state index in [2.05, 4.69) is 10.4 Å². The molecule has 4 aromatic rings. The SMILES string of the molecule is Cc1ccc(Cn2c(=O)c(C(=O)NCc3ccc(F)cc3)nn(-c3cccc(C)c3)c2=O)cc1. The minimum atomic E-state index is -0.786. The Bertz CT molecular complexity index is 1460. The fraction of sp³-hybridized carbons (Fsp3) is 0.154. The average Bonchev–Trinajstić information content (AvgIpc) is 2.82. The summed E-state index contributed by atoms with van der Waals surface area (Å²) >= 11 is 0. The van der Waals surface area contributed by atoms with Gasteiger partial charge in [0.05, 0.1) is 12.2 Å². The molecule has 0 fully saturated rings. The molecule has 34 heavy (non-hydrogen) atoms. The maximum atomic E-state index is 13.3. The third kappa shape index (κ3) is 5.01. The number of carbonyl (C=O) groups excluding carboxylic acids is 1. The fourth-order valence-corrected chi connectivity index (χ4v) is 3.47. The zero-order valence-corrected chi connectivity index (χ0v) is 18.8. The standard InChI is InChI=1S/C26H23FN4O3/c1-17-6-8-20(9-7-17)16-30-25(33)23(24(32)28-15-19-10-12-21(27)13-11-19)29-31(26(30)34)22-5-3-4-18(2)14-22/h3-14H,15-16H2,1-2H3,(H,28,32). The topological polar surface area (TPSA) is 86.0 Å². The molecule has 1 heterocycles. The molecule has 1 amide bonds. The van der Waals surface area contributed by atoms with Crippen LogP contribution in [0.3, 0.4) is 0 Å². The van der Waals surface area contributed by atoms with Crippen LogP contribution in [0.25, 0.3) is 5.69 Å². The van der Waals surface area contributed by atoms with Crippen LogP contribution in [0.4, 0.5) is 4.39 Å². The van der Waals surface area contributed by atoms with Gasteiger partial charge < -0.3 is 5.32 Å². The van der Waals surface area contributed by atoms with Crippen molar-refractivity contribution >= 4 is 5.91 Å². The van der Waals surface area contributed by atoms with E-state index in [4.69, 9.17) is 0 Å². The van der Waals surface area contributed by atoms with Crippen molar-refractivity contribution in [3.8, 4) is 5.69 Å². The third-order valence-corrected chi connectivity index (χ3v) is 5.35. The first-order valence-corrected chi connectivity index (χ1v) is 10.7. The number of aryl methyl sites for hydroxylation is 2. The van der Waals surface area contributed by atoms with Gasteiger partial charge in [0.1, 0.15) is 5.82 Å². The summed E-state index contributed by atoms with van der Waals surface area (Å²) in [5, 5.41) is 6.76. The highest BCUT2D eigenvalue weighted by Crippen LogP contribution is 2.08. The predicted molar refractivity (Wildman–Crippen MR) is 127 cm³/mol. The normalized spacial score (nSPS) is 10.8. The summed E-state index contributed by atoms with van der Waals surface area (Å²) in [6.45, 7) is 3.87. The third-order valence-electron chi connectivity index (χ3n) is 5.35. The first kappa shape index (κ1) is 22.8. The minimum Gasteiger partial charge on any atom is -0.346 e. The largest absolute Gasteiger partial charge is 0.352 e. The van der Waals surface area contributed by atoms with Crippen molar-refractivity contribution in [3.63, 3.8) is 0 Å². The predicted octanol–water partition coefficient (Wildman–Crippen LogP) is 3.13. The summed E-state index contributed by atoms with van der Waals surface area (Å²) in [6.07, 6.45) is 0. The van der Waals surface area contributed by atoms with Crippen LogP contribution < -0.4 is 16.6 Å². The Morgan fingerprint density at radius 1 is 0.912 bits per heavy atom. The second-order valence-electron chi connectivity index (χ2n) is 8.07. The zero-order valence-electron chi connectivity index (χ0n) is 18.8. The van der Waals surface area contributed by atoms with E-state index in [0.29, 0.717) is 11.3 Å². The van der Waals surface area contributed by atoms with Crippen LogP contribution >= 0.6 is 0 Å². The number of aromatic nitrogens is 3. The Hall–Kier alpha value is -4.33. The Labute approximate surface area is 195 Å². The summed E-state index contributed by atoms with van der Waals surface area (Å²) in [5.74, 6) is -1.12. The average molecular weight is 458 g/mol. The number of amides is 1. The van der Waals surface area contributed by atoms with Crippen molar-refractivity contribution in [2.75, 3.05) is 0 Å². The molecule has 1 N–H and O–H groups in total. The van der Waals surface area contributed by atoms with Gasteiger partial charge in [-0.15, -0.1) is 0 Å². The van der Waals surface area contributed by atoms with Crippen LogP contribution in [0.2, 0.25) is 0 Å². The second-order valence-corrected chi connectivity index (χ2v) is 8.07. The van der Waals surface area contributed by atoms with Gasteiger partial charge in [0, 0.05) is 6.54 Å². The first-order valence-electron chi connectivity index (χ1n) is 10.7. The quantitative estimate of drug-likeness (QED) is 0.481. The van der Waals surface area contributed by atoms with E-state index in [1.165, 1.54) is 24.3 Å². The zero-order chi connectivity index (χ0) is 24.2. The second kappa shape index (κ2) is 9.66. The van der Waals surface area contributed by atoms with Crippen molar-refractivity contribution in [2.45, 2.75) is 26.9 Å². The summed E-state index contributed by atoms with van der Waals surface area (Å²) < 4.78 is 15.2. The molecule has 0 aliphatic heterocycles. The van der Waals surface area contributed by atoms with E-state index in [-0.39, 0.29) is 18.9 Å². The molecule has 0 aliphatic rings. The van der Waals surface area contributed by atoms with Gasteiger partial charge in [-0.1, -0.05) is 54.1 Å². The van der Waals surface area contributed by atoms with Gasteiger partial charge in [-0.2, -0.15) is 9.78 Å². The van der Waals surface area contributed by atoms with E-state index < -0.39 is 22.9 Å². The van der Waals surface area contributed by atoms with Crippen LogP contribution in [-0.2, 0) is 13.1 Å². The van der Waals surface area contributed by atoms with Crippen LogP contribution in [0.5, 0.6) is 0 Å². The van der Waals surface area contributed by atoms with E-state index in [0.717, 1.165) is 25.9 Å². The van der Waals surface area contributed by atoms with Gasteiger partial charge in [-0.05, 0) is 54.8 Å². The van der Waals surface area contributed by atoms with Crippen LogP contribution in [0.15, 0.2) is 82.4 Å². The van der Waals surface area contributed by atoms with Gasteiger partial charge in [0.15, 0.2) is 0 Å². The molecule has 0 saturated heterocycles. The number of rotatable bonds is 6. The highest BCUT2D eigenvalue weighted by Gasteiger charge is 2.20. The molecule has 4 rings (SSSR count). The lowest BCUT2D eigenvalue weighted by atomic mass is 10.1. The van der Waals surface area contributed by atoms with Crippen LogP contribution in [-0.4, -0.2) is 20.3 Å². The van der Waals surface area contributed by atoms with Crippen LogP contribution in [0, 0.1) is 19.7 Å². The lowest BCUT2D eigenvalue weighted by Gasteiger charge is -2.13. The molecule has 0 aliphatic carbocycles. The molecule has 0 bridgehead atoms. The summed E-state index contributed by atoms with van der Waals surface area (Å²) in [6, 6.07) is 20.1. The molecule has 8 heteroatoms. The minimum absolute atomic E-state index is 0.00940. The maximum absolute atomic E-state index is 13.3. The molecule has 0 spiro atoms. The number of carbonyl (C=O) groups is 1. The Balaban J connectivity index is 1.76. The van der Waals surface area contributed by atoms with Gasteiger partial charge in [0.25, 0.3) is 11.5 Å². The van der Waals surface area contributed by atoms with E-state index >= 15 is 0 Å². The monoisotopic (exact) mass is 458 g/mol. The Kier molecular flexibility index (Phi) is 6.49. The molecule has 0 unspecified atom stereocenters. The highest BCUT2D eigenvalue weighted by molar-refractivity contribution is 5.91. The van der Waals surface area contributed by atoms with E-state index in [1.807, 2.05) is 44.2 Å². The van der Waals surface area contributed by atoms with Gasteiger partial charge in [0.2, 0.25) is 5.69 Å². The number of nitrogens with zero attached hydrogens (tertiary/aromatic N) is 3. The molecule has 0 saturated carbocycles. The van der Waals surface area contributed by atoms with Crippen molar-refractivity contribution in [1.82, 2.24) is 19.7 Å². The molecular formula is C26H23FN4O3. The number of hydrogen-bond acceptors (Lipinski definition) is 4. The highest BCUT2D eigenvalue weighted by atomic mass is 19.1. The van der Waals surface area contributed by atoms with Crippen LogP contribution in [0.1, 0.15) is 32.7 Å². The van der Waals surface area contributed by atoms with Gasteiger partial charge in [-0.3, -0.25) is 14.2 Å². The Morgan fingerprint density at radius 3 is 2.26 bits per heavy atom. The van der Waals surface area contributed by atoms with Gasteiger partial charge in [-0.25, -0.2) is 9.18 Å². The van der Waals surface area contributed by atoms with Crippen molar-refractivity contribution < 1.29 is 9.18 Å². The van der Waals surface area contributed by atoms with E-state index in [9.17, 15) is 18.8 Å². The lowest BCUT2D eigenvalue weighted by molar-refractivity contribution is 0.0941. The smallest absolute Gasteiger partial charge is 0.346 e. The van der Waals surface area contributed by atoms with E-state index in [1.54, 1.807) is 18.2 Å². The van der Waals surface area contributed by atoms with Crippen molar-refractivity contribution in [3.05, 3.63) is 127 Å². The molecular weight excluding hydrogens is 435 g/mol. The molecule has 3 aromatic carbocycles. The summed E-state index contributed by atoms with van der Waals surface area (Å²) in [7, 11) is 0. The number of hydrogen-bond donors (Lipinski definition) is 1. The lowest BCUT2D eigenvalue weighted by Crippen LogP contribution is -2.46. The molecule has 1 aromatic heterocycles. The number of halogens is 1. The molecule has 0 atom stereocenters. The molecule has 0 radical (unpaired) electrons. The van der Waals surface area contributed by atoms with Crippen molar-refractivity contribution in [1.29, 1.82) is 0 Å². The number of nitrogens with one attached hydrogen (secondary N) is 1. The Morgan fingerprint density at radius 2 is 1.59 bits per heavy atom. The first-order chi connectivity index (χ1) is 16.3. The maximum Gasteiger partial charge on any atom is 0.352 e. The number of benzene rings is 3. The van der Waals surface area contributed by atoms with Gasteiger partial charge >= 0.3 is 5.69 Å².